The Morgan fingerprint density at radius 3 is 2.21 bits per heavy atom. The Morgan fingerprint density at radius 1 is 0.862 bits per heavy atom. The van der Waals surface area contributed by atoms with Gasteiger partial charge in [0.05, 0.1) is 6.61 Å². The fourth-order valence-corrected chi connectivity index (χ4v) is 4.68. The molecule has 4 rings (SSSR count). The maximum Gasteiger partial charge on any atom is 0.127 e. The van der Waals surface area contributed by atoms with Gasteiger partial charge in [-0.2, -0.15) is 0 Å². The minimum absolute atomic E-state index is 0.385. The van der Waals surface area contributed by atoms with E-state index in [4.69, 9.17) is 4.74 Å². The summed E-state index contributed by atoms with van der Waals surface area (Å²) in [6, 6.07) is 20.6. The molecule has 0 radical (unpaired) electrons. The topological polar surface area (TPSA) is 15.7 Å². The number of benzene rings is 2. The fraction of sp³-hybridized carbons (Fsp3) is 0.520. The molecule has 0 amide bonds. The van der Waals surface area contributed by atoms with Gasteiger partial charge in [0, 0.05) is 44.7 Å². The van der Waals surface area contributed by atoms with Crippen molar-refractivity contribution in [2.45, 2.75) is 57.0 Å². The van der Waals surface area contributed by atoms with Crippen LogP contribution < -0.4 is 4.90 Å². The van der Waals surface area contributed by atoms with E-state index in [0.717, 1.165) is 38.9 Å². The predicted octanol–water partition coefficient (Wildman–Crippen LogP) is 5.41. The summed E-state index contributed by atoms with van der Waals surface area (Å²) in [6.07, 6.45) is 4.38. The Kier molecular flexibility index (Phi) is 6.21. The molecule has 0 N–H and O–H groups in total. The van der Waals surface area contributed by atoms with Crippen LogP contribution in [0.1, 0.15) is 44.6 Å². The van der Waals surface area contributed by atoms with Crippen molar-refractivity contribution in [3.05, 3.63) is 66.2 Å². The van der Waals surface area contributed by atoms with E-state index in [0.29, 0.717) is 26.0 Å². The van der Waals surface area contributed by atoms with Gasteiger partial charge >= 0.3 is 0 Å². The number of rotatable bonds is 6. The first-order chi connectivity index (χ1) is 14.1. The monoisotopic (exact) mass is 396 g/mol. The van der Waals surface area contributed by atoms with Crippen molar-refractivity contribution in [2.75, 3.05) is 31.1 Å². The number of hydrogen-bond acceptors (Lipinski definition) is 3. The molecule has 1 unspecified atom stereocenters. The molecule has 2 aromatic rings. The Hall–Kier alpha value is -1.91. The number of likely N-dealkylation sites (tertiary alicyclic amines) is 1. The van der Waals surface area contributed by atoms with E-state index in [-0.39, 0.29) is 5.72 Å². The molecule has 2 aliphatic heterocycles. The summed E-state index contributed by atoms with van der Waals surface area (Å²) in [7, 11) is 0. The number of alkyl halides is 1. The van der Waals surface area contributed by atoms with Crippen LogP contribution in [0.25, 0.3) is 0 Å². The third-order valence-electron chi connectivity index (χ3n) is 6.64. The number of ether oxygens (including phenoxy) is 1. The van der Waals surface area contributed by atoms with Crippen molar-refractivity contribution in [3.8, 4) is 0 Å². The van der Waals surface area contributed by atoms with Crippen LogP contribution in [-0.2, 0) is 11.3 Å². The molecule has 2 aromatic carbocycles. The van der Waals surface area contributed by atoms with Gasteiger partial charge in [0.1, 0.15) is 11.4 Å². The lowest BCUT2D eigenvalue weighted by molar-refractivity contribution is -0.183. The van der Waals surface area contributed by atoms with E-state index in [1.165, 1.54) is 11.3 Å². The van der Waals surface area contributed by atoms with Crippen molar-refractivity contribution in [3.63, 3.8) is 0 Å². The minimum atomic E-state index is -1.14. The molecule has 0 aromatic heterocycles. The van der Waals surface area contributed by atoms with Crippen LogP contribution in [0.3, 0.4) is 0 Å². The first kappa shape index (κ1) is 20.4. The standard InChI is InChI=1S/C25H33FN2O/c1-24(29-20-22-10-4-2-5-11-22)14-8-9-17-28(24)21-25(26)15-18-27(19-16-25)23-12-6-3-7-13-23/h2-7,10-13H,8-9,14-21H2,1H3. The number of piperidine rings is 2. The highest BCUT2D eigenvalue weighted by Crippen LogP contribution is 2.36. The molecule has 2 saturated heterocycles. The normalized spacial score (nSPS) is 25.1. The summed E-state index contributed by atoms with van der Waals surface area (Å²) >= 11 is 0. The van der Waals surface area contributed by atoms with Crippen LogP contribution in [0.5, 0.6) is 0 Å². The van der Waals surface area contributed by atoms with E-state index in [1.807, 2.05) is 24.3 Å². The molecule has 0 spiro atoms. The third-order valence-corrected chi connectivity index (χ3v) is 6.64. The fourth-order valence-electron chi connectivity index (χ4n) is 4.68. The van der Waals surface area contributed by atoms with E-state index in [2.05, 4.69) is 53.1 Å². The number of anilines is 1. The molecular weight excluding hydrogens is 363 g/mol. The van der Waals surface area contributed by atoms with Gasteiger partial charge in [-0.25, -0.2) is 4.39 Å². The van der Waals surface area contributed by atoms with Crippen molar-refractivity contribution in [2.24, 2.45) is 0 Å². The van der Waals surface area contributed by atoms with Crippen LogP contribution in [0.15, 0.2) is 60.7 Å². The molecule has 2 heterocycles. The third kappa shape index (κ3) is 4.99. The van der Waals surface area contributed by atoms with Crippen molar-refractivity contribution >= 4 is 5.69 Å². The Bertz CT molecular complexity index is 761. The van der Waals surface area contributed by atoms with Crippen molar-refractivity contribution in [1.29, 1.82) is 0 Å². The molecular formula is C25H33FN2O. The van der Waals surface area contributed by atoms with Gasteiger partial charge in [-0.3, -0.25) is 4.90 Å². The molecule has 1 atom stereocenters. The summed E-state index contributed by atoms with van der Waals surface area (Å²) in [5.74, 6) is 0. The van der Waals surface area contributed by atoms with Crippen LogP contribution >= 0.6 is 0 Å². The predicted molar refractivity (Wildman–Crippen MR) is 117 cm³/mol. The first-order valence-electron chi connectivity index (χ1n) is 11.0. The minimum Gasteiger partial charge on any atom is -0.371 e. The van der Waals surface area contributed by atoms with Crippen LogP contribution in [-0.4, -0.2) is 42.5 Å². The van der Waals surface area contributed by atoms with E-state index in [9.17, 15) is 0 Å². The Morgan fingerprint density at radius 2 is 1.52 bits per heavy atom. The zero-order chi connectivity index (χ0) is 20.2. The largest absolute Gasteiger partial charge is 0.371 e. The van der Waals surface area contributed by atoms with E-state index >= 15 is 4.39 Å². The number of halogens is 1. The van der Waals surface area contributed by atoms with Gasteiger partial charge in [0.25, 0.3) is 0 Å². The van der Waals surface area contributed by atoms with E-state index < -0.39 is 5.67 Å². The average molecular weight is 397 g/mol. The van der Waals surface area contributed by atoms with Crippen molar-refractivity contribution in [1.82, 2.24) is 4.90 Å². The first-order valence-corrected chi connectivity index (χ1v) is 11.0. The molecule has 0 saturated carbocycles. The highest BCUT2D eigenvalue weighted by Gasteiger charge is 2.43. The SMILES string of the molecule is CC1(OCc2ccccc2)CCCCN1CC1(F)CCN(c2ccccc2)CC1. The highest BCUT2D eigenvalue weighted by atomic mass is 19.1. The molecule has 156 valence electrons. The van der Waals surface area contributed by atoms with Gasteiger partial charge in [0.2, 0.25) is 0 Å². The van der Waals surface area contributed by atoms with Crippen molar-refractivity contribution < 1.29 is 9.13 Å². The van der Waals surface area contributed by atoms with Gasteiger partial charge in [-0.05, 0) is 43.9 Å². The molecule has 2 fully saturated rings. The lowest BCUT2D eigenvalue weighted by Gasteiger charge is -2.48. The number of nitrogens with zero attached hydrogens (tertiary/aromatic N) is 2. The zero-order valence-electron chi connectivity index (χ0n) is 17.5. The lowest BCUT2D eigenvalue weighted by Crippen LogP contribution is -2.57. The average Bonchev–Trinajstić information content (AvgIpc) is 2.76. The molecule has 3 nitrogen and oxygen atoms in total. The summed E-state index contributed by atoms with van der Waals surface area (Å²) < 4.78 is 22.2. The summed E-state index contributed by atoms with van der Waals surface area (Å²) in [5, 5.41) is 0. The van der Waals surface area contributed by atoms with E-state index in [1.54, 1.807) is 0 Å². The highest BCUT2D eigenvalue weighted by molar-refractivity contribution is 5.46. The number of hydrogen-bond donors (Lipinski definition) is 0. The summed E-state index contributed by atoms with van der Waals surface area (Å²) in [5.41, 5.74) is 0.845. The summed E-state index contributed by atoms with van der Waals surface area (Å²) in [4.78, 5) is 4.58. The number of para-hydroxylation sites is 1. The Labute approximate surface area is 174 Å². The molecule has 4 heteroatoms. The smallest absolute Gasteiger partial charge is 0.127 e. The maximum absolute atomic E-state index is 15.8. The van der Waals surface area contributed by atoms with Crippen LogP contribution in [0.2, 0.25) is 0 Å². The second-order valence-electron chi connectivity index (χ2n) is 8.80. The molecule has 29 heavy (non-hydrogen) atoms. The second kappa shape index (κ2) is 8.85. The Balaban J connectivity index is 1.37. The lowest BCUT2D eigenvalue weighted by atomic mass is 9.89. The molecule has 0 aliphatic carbocycles. The van der Waals surface area contributed by atoms with Crippen LogP contribution in [0, 0.1) is 0 Å². The molecule has 2 aliphatic rings. The van der Waals surface area contributed by atoms with Gasteiger partial charge < -0.3 is 9.64 Å². The zero-order valence-corrected chi connectivity index (χ0v) is 17.5. The quantitative estimate of drug-likeness (QED) is 0.649. The summed E-state index contributed by atoms with van der Waals surface area (Å²) in [6.45, 7) is 5.67. The van der Waals surface area contributed by atoms with Gasteiger partial charge in [0.15, 0.2) is 0 Å². The maximum atomic E-state index is 15.8. The van der Waals surface area contributed by atoms with Gasteiger partial charge in [-0.15, -0.1) is 0 Å². The van der Waals surface area contributed by atoms with Crippen LogP contribution in [0.4, 0.5) is 10.1 Å². The second-order valence-corrected chi connectivity index (χ2v) is 8.80. The molecule has 0 bridgehead atoms. The van der Waals surface area contributed by atoms with Gasteiger partial charge in [-0.1, -0.05) is 48.5 Å².